The Labute approximate surface area is 84.0 Å². The zero-order valence-electron chi connectivity index (χ0n) is 8.48. The van der Waals surface area contributed by atoms with Gasteiger partial charge < -0.3 is 10.1 Å². The maximum Gasteiger partial charge on any atom is 0.120 e. The van der Waals surface area contributed by atoms with Crippen LogP contribution in [0.1, 0.15) is 19.2 Å². The van der Waals surface area contributed by atoms with Gasteiger partial charge in [-0.1, -0.05) is 6.92 Å². The van der Waals surface area contributed by atoms with Gasteiger partial charge in [0.05, 0.1) is 12.6 Å². The second-order valence-electron chi connectivity index (χ2n) is 4.22. The Morgan fingerprint density at radius 2 is 2.50 bits per heavy atom. The average molecular weight is 195 g/mol. The van der Waals surface area contributed by atoms with Gasteiger partial charge in [-0.25, -0.2) is 4.98 Å². The molecule has 2 rings (SSSR count). The number of aliphatic hydroxyl groups is 1. The lowest BCUT2D eigenvalue weighted by Crippen LogP contribution is -2.41. The molecule has 0 aliphatic carbocycles. The molecular formula is C10H17N3O. The fraction of sp³-hybridized carbons (Fsp3) is 0.700. The van der Waals surface area contributed by atoms with Crippen molar-refractivity contribution in [3.8, 4) is 0 Å². The number of hydrogen-bond donors (Lipinski definition) is 2. The molecule has 1 aromatic rings. The van der Waals surface area contributed by atoms with Crippen molar-refractivity contribution in [2.75, 3.05) is 13.1 Å². The molecule has 1 aliphatic rings. The van der Waals surface area contributed by atoms with E-state index in [1.807, 2.05) is 6.20 Å². The predicted octanol–water partition coefficient (Wildman–Crippen LogP) is 0.612. The first-order chi connectivity index (χ1) is 6.74. The van der Waals surface area contributed by atoms with E-state index in [0.717, 1.165) is 31.9 Å². The fourth-order valence-corrected chi connectivity index (χ4v) is 2.15. The summed E-state index contributed by atoms with van der Waals surface area (Å²) in [5, 5.41) is 9.61. The van der Waals surface area contributed by atoms with Crippen molar-refractivity contribution >= 4 is 0 Å². The molecule has 4 heteroatoms. The number of rotatable bonds is 2. The molecule has 1 aliphatic heterocycles. The molecular weight excluding hydrogens is 178 g/mol. The molecule has 1 aromatic heterocycles. The molecule has 0 aromatic carbocycles. The summed E-state index contributed by atoms with van der Waals surface area (Å²) < 4.78 is 0. The molecule has 4 nitrogen and oxygen atoms in total. The molecule has 2 heterocycles. The van der Waals surface area contributed by atoms with Crippen LogP contribution < -0.4 is 0 Å². The molecule has 0 radical (unpaired) electrons. The summed E-state index contributed by atoms with van der Waals surface area (Å²) in [6.45, 7) is 4.81. The van der Waals surface area contributed by atoms with Gasteiger partial charge in [0.2, 0.25) is 0 Å². The standard InChI is InChI=1S/C10H17N3O/c1-8-4-9(14)6-13(5-8)7-10-11-2-3-12-10/h2-3,8-9,14H,4-7H2,1H3,(H,11,12). The van der Waals surface area contributed by atoms with Crippen LogP contribution in [0, 0.1) is 5.92 Å². The normalized spacial score (nSPS) is 29.3. The summed E-state index contributed by atoms with van der Waals surface area (Å²) >= 11 is 0. The van der Waals surface area contributed by atoms with Crippen molar-refractivity contribution in [3.05, 3.63) is 18.2 Å². The van der Waals surface area contributed by atoms with Crippen molar-refractivity contribution in [2.45, 2.75) is 26.0 Å². The Balaban J connectivity index is 1.91. The minimum absolute atomic E-state index is 0.172. The third kappa shape index (κ3) is 2.33. The van der Waals surface area contributed by atoms with Gasteiger partial charge in [-0.05, 0) is 12.3 Å². The van der Waals surface area contributed by atoms with E-state index in [-0.39, 0.29) is 6.10 Å². The molecule has 0 bridgehead atoms. The van der Waals surface area contributed by atoms with Gasteiger partial charge in [0.1, 0.15) is 5.82 Å². The fourth-order valence-electron chi connectivity index (χ4n) is 2.15. The van der Waals surface area contributed by atoms with Crippen LogP contribution in [-0.2, 0) is 6.54 Å². The summed E-state index contributed by atoms with van der Waals surface area (Å²) in [6.07, 6.45) is 4.35. The Morgan fingerprint density at radius 3 is 3.14 bits per heavy atom. The molecule has 78 valence electrons. The summed E-state index contributed by atoms with van der Waals surface area (Å²) in [5.74, 6) is 1.56. The molecule has 0 spiro atoms. The predicted molar refractivity (Wildman–Crippen MR) is 53.7 cm³/mol. The van der Waals surface area contributed by atoms with Crippen LogP contribution in [0.4, 0.5) is 0 Å². The van der Waals surface area contributed by atoms with Crippen LogP contribution in [0.3, 0.4) is 0 Å². The minimum Gasteiger partial charge on any atom is -0.392 e. The quantitative estimate of drug-likeness (QED) is 0.727. The zero-order chi connectivity index (χ0) is 9.97. The first-order valence-electron chi connectivity index (χ1n) is 5.12. The van der Waals surface area contributed by atoms with Gasteiger partial charge >= 0.3 is 0 Å². The topological polar surface area (TPSA) is 52.1 Å². The van der Waals surface area contributed by atoms with Gasteiger partial charge in [-0.2, -0.15) is 0 Å². The number of aliphatic hydroxyl groups excluding tert-OH is 1. The summed E-state index contributed by atoms with van der Waals surface area (Å²) in [7, 11) is 0. The van der Waals surface area contributed by atoms with Gasteiger partial charge in [-0.15, -0.1) is 0 Å². The van der Waals surface area contributed by atoms with Crippen molar-refractivity contribution in [1.82, 2.24) is 14.9 Å². The summed E-state index contributed by atoms with van der Waals surface area (Å²) in [6, 6.07) is 0. The lowest BCUT2D eigenvalue weighted by molar-refractivity contribution is 0.0398. The summed E-state index contributed by atoms with van der Waals surface area (Å²) in [4.78, 5) is 9.51. The highest BCUT2D eigenvalue weighted by Gasteiger charge is 2.23. The number of imidazole rings is 1. The number of nitrogens with zero attached hydrogens (tertiary/aromatic N) is 2. The first kappa shape index (κ1) is 9.68. The van der Waals surface area contributed by atoms with E-state index in [4.69, 9.17) is 0 Å². The lowest BCUT2D eigenvalue weighted by Gasteiger charge is -2.33. The SMILES string of the molecule is CC1CC(O)CN(Cc2ncc[nH]2)C1. The second-order valence-corrected chi connectivity index (χ2v) is 4.22. The molecule has 2 atom stereocenters. The van der Waals surface area contributed by atoms with Crippen LogP contribution in [-0.4, -0.2) is 39.2 Å². The maximum absolute atomic E-state index is 9.61. The highest BCUT2D eigenvalue weighted by atomic mass is 16.3. The third-order valence-corrected chi connectivity index (χ3v) is 2.64. The van der Waals surface area contributed by atoms with E-state index >= 15 is 0 Å². The number of aromatic nitrogens is 2. The second kappa shape index (κ2) is 4.11. The molecule has 2 unspecified atom stereocenters. The van der Waals surface area contributed by atoms with E-state index in [9.17, 15) is 5.11 Å². The van der Waals surface area contributed by atoms with Gasteiger partial charge in [0.25, 0.3) is 0 Å². The van der Waals surface area contributed by atoms with E-state index < -0.39 is 0 Å². The highest BCUT2D eigenvalue weighted by molar-refractivity contribution is 4.88. The number of nitrogens with one attached hydrogen (secondary N) is 1. The van der Waals surface area contributed by atoms with Crippen molar-refractivity contribution in [3.63, 3.8) is 0 Å². The Morgan fingerprint density at radius 1 is 1.64 bits per heavy atom. The number of aromatic amines is 1. The number of likely N-dealkylation sites (tertiary alicyclic amines) is 1. The Bertz CT molecular complexity index is 263. The van der Waals surface area contributed by atoms with Crippen LogP contribution in [0.25, 0.3) is 0 Å². The van der Waals surface area contributed by atoms with E-state index in [0.29, 0.717) is 5.92 Å². The monoisotopic (exact) mass is 195 g/mol. The number of H-pyrrole nitrogens is 1. The lowest BCUT2D eigenvalue weighted by atomic mass is 9.98. The Hall–Kier alpha value is -0.870. The molecule has 14 heavy (non-hydrogen) atoms. The van der Waals surface area contributed by atoms with E-state index in [1.54, 1.807) is 6.20 Å². The van der Waals surface area contributed by atoms with Crippen LogP contribution >= 0.6 is 0 Å². The van der Waals surface area contributed by atoms with Gasteiger partial charge in [0, 0.05) is 25.5 Å². The van der Waals surface area contributed by atoms with Crippen molar-refractivity contribution < 1.29 is 5.11 Å². The van der Waals surface area contributed by atoms with Crippen LogP contribution in [0.5, 0.6) is 0 Å². The van der Waals surface area contributed by atoms with E-state index in [1.165, 1.54) is 0 Å². The average Bonchev–Trinajstić information content (AvgIpc) is 2.54. The van der Waals surface area contributed by atoms with Gasteiger partial charge in [0.15, 0.2) is 0 Å². The van der Waals surface area contributed by atoms with Crippen molar-refractivity contribution in [2.24, 2.45) is 5.92 Å². The summed E-state index contributed by atoms with van der Waals surface area (Å²) in [5.41, 5.74) is 0. The van der Waals surface area contributed by atoms with Crippen LogP contribution in [0.15, 0.2) is 12.4 Å². The van der Waals surface area contributed by atoms with Gasteiger partial charge in [-0.3, -0.25) is 4.90 Å². The number of hydrogen-bond acceptors (Lipinski definition) is 3. The largest absolute Gasteiger partial charge is 0.392 e. The maximum atomic E-state index is 9.61. The van der Waals surface area contributed by atoms with E-state index in [2.05, 4.69) is 21.8 Å². The van der Waals surface area contributed by atoms with Crippen LogP contribution in [0.2, 0.25) is 0 Å². The Kier molecular flexibility index (Phi) is 2.84. The molecule has 1 fully saturated rings. The van der Waals surface area contributed by atoms with Crippen molar-refractivity contribution in [1.29, 1.82) is 0 Å². The third-order valence-electron chi connectivity index (χ3n) is 2.64. The molecule has 0 saturated carbocycles. The number of β-amino-alcohol motifs (C(OH)–C–C–N with tert-alkyl or cyclic N) is 1. The molecule has 2 N–H and O–H groups in total. The molecule has 0 amide bonds. The minimum atomic E-state index is -0.172. The first-order valence-corrected chi connectivity index (χ1v) is 5.12. The molecule has 1 saturated heterocycles. The zero-order valence-corrected chi connectivity index (χ0v) is 8.48. The smallest absolute Gasteiger partial charge is 0.120 e. The highest BCUT2D eigenvalue weighted by Crippen LogP contribution is 2.17. The number of piperidine rings is 1.